The molecule has 2 aromatic heterocycles. The largest absolute Gasteiger partial charge is 0.477 e. The number of hydrogen-bond donors (Lipinski definition) is 2. The quantitative estimate of drug-likeness (QED) is 0.529. The van der Waals surface area contributed by atoms with Gasteiger partial charge in [0.15, 0.2) is 0 Å². The lowest BCUT2D eigenvalue weighted by molar-refractivity contribution is 0.0528. The molecule has 142 valence electrons. The molecule has 0 aliphatic carbocycles. The number of ether oxygens (including phenoxy) is 2. The number of carboxylic acid groups (broad SMARTS) is 1. The molecule has 0 atom stereocenters. The predicted molar refractivity (Wildman–Crippen MR) is 104 cm³/mol. The number of hydrogen-bond acceptors (Lipinski definition) is 6. The Labute approximate surface area is 161 Å². The molecule has 0 unspecified atom stereocenters. The molecule has 2 heterocycles. The minimum absolute atomic E-state index is 0.227. The normalized spacial score (nSPS) is 10.7. The Morgan fingerprint density at radius 1 is 1.27 bits per heavy atom. The number of alkyl carbamates (subject to hydrolysis) is 1. The van der Waals surface area contributed by atoms with E-state index < -0.39 is 17.7 Å². The first-order valence-electron chi connectivity index (χ1n) is 7.85. The van der Waals surface area contributed by atoms with E-state index in [2.05, 4.69) is 5.32 Å². The summed E-state index contributed by atoms with van der Waals surface area (Å²) in [6.45, 7) is 5.82. The molecule has 0 aliphatic rings. The summed E-state index contributed by atoms with van der Waals surface area (Å²) in [6.07, 6.45) is 3.32. The molecule has 0 aromatic carbocycles. The van der Waals surface area contributed by atoms with Gasteiger partial charge >= 0.3 is 12.1 Å². The van der Waals surface area contributed by atoms with Crippen LogP contribution in [0.5, 0.6) is 5.75 Å². The van der Waals surface area contributed by atoms with Crippen LogP contribution in [0.25, 0.3) is 0 Å². The molecule has 0 saturated carbocycles. The second-order valence-corrected chi connectivity index (χ2v) is 7.68. The standard InChI is InChI=1S/C14H19NO5S.C4H4S/c1-14(2,3)20-13(18)15-6-4-5-7-19-10-8-11(12(16)17)21-9-10;1-2-4-5-3-1/h5,7-9H,4,6H2,1-3H3,(H,15,18)(H,16,17);1-4H/b7-5-;. The Kier molecular flexibility index (Phi) is 9.46. The second kappa shape index (κ2) is 11.3. The molecule has 8 heteroatoms. The predicted octanol–water partition coefficient (Wildman–Crippen LogP) is 5.00. The summed E-state index contributed by atoms with van der Waals surface area (Å²) in [5, 5.41) is 17.1. The third kappa shape index (κ3) is 10.5. The lowest BCUT2D eigenvalue weighted by Gasteiger charge is -2.19. The van der Waals surface area contributed by atoms with Crippen molar-refractivity contribution >= 4 is 34.7 Å². The number of carbonyl (C=O) groups excluding carboxylic acids is 1. The maximum absolute atomic E-state index is 11.3. The lowest BCUT2D eigenvalue weighted by Crippen LogP contribution is -2.32. The number of nitrogens with one attached hydrogen (secondary N) is 1. The fourth-order valence-corrected chi connectivity index (χ4v) is 2.59. The van der Waals surface area contributed by atoms with Crippen molar-refractivity contribution in [2.24, 2.45) is 0 Å². The smallest absolute Gasteiger partial charge is 0.407 e. The molecule has 0 saturated heterocycles. The summed E-state index contributed by atoms with van der Waals surface area (Å²) in [7, 11) is 0. The molecule has 6 nitrogen and oxygen atoms in total. The van der Waals surface area contributed by atoms with E-state index in [1.165, 1.54) is 12.3 Å². The summed E-state index contributed by atoms with van der Waals surface area (Å²) < 4.78 is 10.3. The van der Waals surface area contributed by atoms with Crippen LogP contribution < -0.4 is 10.1 Å². The van der Waals surface area contributed by atoms with Gasteiger partial charge in [-0.1, -0.05) is 12.1 Å². The van der Waals surface area contributed by atoms with Gasteiger partial charge in [-0.15, -0.1) is 11.3 Å². The third-order valence-electron chi connectivity index (χ3n) is 2.49. The van der Waals surface area contributed by atoms with Gasteiger partial charge in [0.2, 0.25) is 0 Å². The van der Waals surface area contributed by atoms with E-state index in [0.29, 0.717) is 18.7 Å². The Bertz CT molecular complexity index is 670. The Hall–Kier alpha value is -2.32. The molecule has 1 amide bonds. The van der Waals surface area contributed by atoms with Crippen molar-refractivity contribution < 1.29 is 24.2 Å². The second-order valence-electron chi connectivity index (χ2n) is 5.95. The number of rotatable bonds is 6. The van der Waals surface area contributed by atoms with Crippen LogP contribution in [0.2, 0.25) is 0 Å². The van der Waals surface area contributed by atoms with E-state index in [-0.39, 0.29) is 4.88 Å². The first-order chi connectivity index (χ1) is 12.3. The summed E-state index contributed by atoms with van der Waals surface area (Å²) in [6, 6.07) is 5.49. The molecule has 2 N–H and O–H groups in total. The van der Waals surface area contributed by atoms with Gasteiger partial charge in [0, 0.05) is 18.0 Å². The van der Waals surface area contributed by atoms with Crippen molar-refractivity contribution in [2.75, 3.05) is 6.54 Å². The topological polar surface area (TPSA) is 84.9 Å². The fourth-order valence-electron chi connectivity index (χ4n) is 1.49. The molecule has 0 fully saturated rings. The Morgan fingerprint density at radius 2 is 1.96 bits per heavy atom. The van der Waals surface area contributed by atoms with Crippen LogP contribution in [-0.2, 0) is 4.74 Å². The molecule has 0 radical (unpaired) electrons. The zero-order valence-corrected chi connectivity index (χ0v) is 16.6. The van der Waals surface area contributed by atoms with E-state index in [4.69, 9.17) is 14.6 Å². The molecule has 2 aromatic rings. The summed E-state index contributed by atoms with van der Waals surface area (Å²) in [5.74, 6) is -0.492. The number of carboxylic acids is 1. The number of amides is 1. The van der Waals surface area contributed by atoms with Crippen LogP contribution in [0.3, 0.4) is 0 Å². The van der Waals surface area contributed by atoms with E-state index in [1.807, 2.05) is 22.9 Å². The molecule has 26 heavy (non-hydrogen) atoms. The average molecular weight is 398 g/mol. The van der Waals surface area contributed by atoms with E-state index in [9.17, 15) is 9.59 Å². The van der Waals surface area contributed by atoms with Crippen LogP contribution >= 0.6 is 22.7 Å². The van der Waals surface area contributed by atoms with Gasteiger partial charge in [-0.3, -0.25) is 0 Å². The fraction of sp³-hybridized carbons (Fsp3) is 0.333. The summed E-state index contributed by atoms with van der Waals surface area (Å²) >= 11 is 2.82. The lowest BCUT2D eigenvalue weighted by atomic mass is 10.2. The van der Waals surface area contributed by atoms with Crippen LogP contribution in [0.15, 0.2) is 46.7 Å². The van der Waals surface area contributed by atoms with E-state index in [1.54, 1.807) is 43.6 Å². The van der Waals surface area contributed by atoms with Crippen molar-refractivity contribution in [3.8, 4) is 5.75 Å². The molecule has 2 rings (SSSR count). The SMILES string of the molecule is CC(C)(C)OC(=O)NCC/C=C\Oc1csc(C(=O)O)c1.c1ccsc1. The molecular formula is C18H23NO5S2. The molecular weight excluding hydrogens is 374 g/mol. The monoisotopic (exact) mass is 397 g/mol. The number of aromatic carboxylic acids is 1. The third-order valence-corrected chi connectivity index (χ3v) is 4.02. The highest BCUT2D eigenvalue weighted by molar-refractivity contribution is 7.12. The maximum atomic E-state index is 11.3. The maximum Gasteiger partial charge on any atom is 0.407 e. The van der Waals surface area contributed by atoms with Crippen molar-refractivity contribution in [1.82, 2.24) is 5.32 Å². The van der Waals surface area contributed by atoms with Gasteiger partial charge in [0.25, 0.3) is 0 Å². The molecule has 0 spiro atoms. The van der Waals surface area contributed by atoms with Gasteiger partial charge in [-0.25, -0.2) is 9.59 Å². The minimum Gasteiger partial charge on any atom is -0.477 e. The zero-order chi connectivity index (χ0) is 19.4. The Morgan fingerprint density at radius 3 is 2.46 bits per heavy atom. The van der Waals surface area contributed by atoms with Gasteiger partial charge in [-0.05, 0) is 44.0 Å². The van der Waals surface area contributed by atoms with Gasteiger partial charge in [0.05, 0.1) is 6.26 Å². The highest BCUT2D eigenvalue weighted by atomic mass is 32.1. The molecule has 0 bridgehead atoms. The van der Waals surface area contributed by atoms with Gasteiger partial charge < -0.3 is 19.9 Å². The van der Waals surface area contributed by atoms with Gasteiger partial charge in [0.1, 0.15) is 16.2 Å². The van der Waals surface area contributed by atoms with Crippen LogP contribution in [0.1, 0.15) is 36.9 Å². The highest BCUT2D eigenvalue weighted by Crippen LogP contribution is 2.21. The van der Waals surface area contributed by atoms with Crippen molar-refractivity contribution in [2.45, 2.75) is 32.8 Å². The first kappa shape index (κ1) is 21.7. The van der Waals surface area contributed by atoms with Crippen molar-refractivity contribution in [3.05, 3.63) is 51.6 Å². The Balaban J connectivity index is 0.000000577. The van der Waals surface area contributed by atoms with Crippen LogP contribution in [0.4, 0.5) is 4.79 Å². The van der Waals surface area contributed by atoms with Crippen molar-refractivity contribution in [1.29, 1.82) is 0 Å². The van der Waals surface area contributed by atoms with Crippen LogP contribution in [0, 0.1) is 0 Å². The average Bonchev–Trinajstić information content (AvgIpc) is 3.22. The molecule has 0 aliphatic heterocycles. The minimum atomic E-state index is -0.972. The zero-order valence-electron chi connectivity index (χ0n) is 14.9. The first-order valence-corrected chi connectivity index (χ1v) is 9.67. The number of carbonyl (C=O) groups is 2. The summed E-state index contributed by atoms with van der Waals surface area (Å²) in [5.41, 5.74) is -0.510. The van der Waals surface area contributed by atoms with Crippen LogP contribution in [-0.4, -0.2) is 29.3 Å². The highest BCUT2D eigenvalue weighted by Gasteiger charge is 2.15. The summed E-state index contributed by atoms with van der Waals surface area (Å²) in [4.78, 5) is 22.2. The number of thiophene rings is 2. The van der Waals surface area contributed by atoms with E-state index >= 15 is 0 Å². The van der Waals surface area contributed by atoms with Gasteiger partial charge in [-0.2, -0.15) is 11.3 Å². The van der Waals surface area contributed by atoms with E-state index in [0.717, 1.165) is 11.3 Å². The van der Waals surface area contributed by atoms with Crippen molar-refractivity contribution in [3.63, 3.8) is 0 Å².